The van der Waals surface area contributed by atoms with Crippen LogP contribution in [0.3, 0.4) is 0 Å². The van der Waals surface area contributed by atoms with E-state index in [1.54, 1.807) is 0 Å². The van der Waals surface area contributed by atoms with Crippen LogP contribution in [0, 0.1) is 0 Å². The number of aromatic hydroxyl groups is 2. The van der Waals surface area contributed by atoms with Gasteiger partial charge in [0.05, 0.1) is 31.1 Å². The molecule has 0 unspecified atom stereocenters. The van der Waals surface area contributed by atoms with Crippen molar-refractivity contribution in [2.24, 2.45) is 0 Å². The maximum atomic E-state index is 12.7. The first-order valence-electron chi connectivity index (χ1n) is 6.73. The maximum Gasteiger partial charge on any atom is 0.342 e. The fraction of sp³-hybridized carbons (Fsp3) is 0.333. The number of benzene rings is 1. The van der Waals surface area contributed by atoms with Gasteiger partial charge in [0, 0.05) is 6.07 Å². The zero-order chi connectivity index (χ0) is 16.9. The smallest absolute Gasteiger partial charge is 0.342 e. The van der Waals surface area contributed by atoms with Crippen LogP contribution >= 0.6 is 0 Å². The molecule has 0 fully saturated rings. The Morgan fingerprint density at radius 3 is 2.74 bits per heavy atom. The van der Waals surface area contributed by atoms with E-state index in [-0.39, 0.29) is 35.3 Å². The van der Waals surface area contributed by atoms with Gasteiger partial charge in [-0.25, -0.2) is 4.79 Å². The predicted octanol–water partition coefficient (Wildman–Crippen LogP) is 0.772. The molecule has 0 bridgehead atoms. The average molecular weight is 322 g/mol. The first-order valence-corrected chi connectivity index (χ1v) is 6.73. The van der Waals surface area contributed by atoms with Crippen molar-refractivity contribution in [1.29, 1.82) is 0 Å². The van der Waals surface area contributed by atoms with Crippen molar-refractivity contribution >= 4 is 16.9 Å². The predicted molar refractivity (Wildman–Crippen MR) is 76.3 cm³/mol. The Hall–Kier alpha value is -2.58. The molecule has 0 saturated carbocycles. The molecular weight excluding hydrogens is 308 g/mol. The molecule has 1 aliphatic heterocycles. The van der Waals surface area contributed by atoms with E-state index in [1.807, 2.05) is 0 Å². The number of methoxy groups -OCH3 is 1. The summed E-state index contributed by atoms with van der Waals surface area (Å²) >= 11 is 0. The molecule has 0 amide bonds. The lowest BCUT2D eigenvalue weighted by Crippen LogP contribution is -2.37. The SMILES string of the molecule is COC(=O)c1c(O)c(O)cc2oc3c(c(=O)c12)CO[C@](C)(O)C3. The largest absolute Gasteiger partial charge is 0.504 e. The second kappa shape index (κ2) is 4.97. The Labute approximate surface area is 129 Å². The van der Waals surface area contributed by atoms with Gasteiger partial charge >= 0.3 is 5.97 Å². The summed E-state index contributed by atoms with van der Waals surface area (Å²) in [5.74, 6) is -3.67. The molecule has 1 atom stereocenters. The van der Waals surface area contributed by atoms with E-state index in [1.165, 1.54) is 6.92 Å². The summed E-state index contributed by atoms with van der Waals surface area (Å²) in [7, 11) is 1.08. The number of phenolic OH excluding ortho intramolecular Hbond substituents is 2. The molecule has 1 aromatic heterocycles. The number of fused-ring (bicyclic) bond motifs is 2. The van der Waals surface area contributed by atoms with Crippen molar-refractivity contribution in [3.05, 3.63) is 33.2 Å². The summed E-state index contributed by atoms with van der Waals surface area (Å²) in [6.45, 7) is 1.22. The standard InChI is InChI=1S/C15H14O8/c1-15(20)4-9-6(5-22-15)12(17)10-8(23-9)3-7(16)13(18)11(10)14(19)21-2/h3,16,18,20H,4-5H2,1-2H3/t15-/m0/s1. The molecule has 0 spiro atoms. The van der Waals surface area contributed by atoms with Crippen molar-refractivity contribution in [3.63, 3.8) is 0 Å². The molecule has 122 valence electrons. The van der Waals surface area contributed by atoms with Crippen molar-refractivity contribution < 1.29 is 34.0 Å². The van der Waals surface area contributed by atoms with E-state index >= 15 is 0 Å². The van der Waals surface area contributed by atoms with Gasteiger partial charge in [-0.1, -0.05) is 0 Å². The van der Waals surface area contributed by atoms with Crippen LogP contribution in [0.25, 0.3) is 11.0 Å². The molecule has 0 saturated heterocycles. The van der Waals surface area contributed by atoms with Crippen molar-refractivity contribution in [3.8, 4) is 11.5 Å². The van der Waals surface area contributed by atoms with Gasteiger partial charge in [-0.05, 0) is 6.92 Å². The summed E-state index contributed by atoms with van der Waals surface area (Å²) in [6, 6.07) is 1.03. The van der Waals surface area contributed by atoms with Gasteiger partial charge < -0.3 is 29.2 Å². The lowest BCUT2D eigenvalue weighted by Gasteiger charge is -2.28. The van der Waals surface area contributed by atoms with Gasteiger partial charge in [0.1, 0.15) is 16.9 Å². The van der Waals surface area contributed by atoms with Gasteiger partial charge in [-0.2, -0.15) is 0 Å². The zero-order valence-corrected chi connectivity index (χ0v) is 12.4. The van der Waals surface area contributed by atoms with Crippen LogP contribution in [0.1, 0.15) is 28.6 Å². The number of phenols is 2. The highest BCUT2D eigenvalue weighted by atomic mass is 16.6. The summed E-state index contributed by atoms with van der Waals surface area (Å²) in [5, 5.41) is 29.4. The van der Waals surface area contributed by atoms with Crippen LogP contribution in [0.15, 0.2) is 15.3 Å². The van der Waals surface area contributed by atoms with E-state index < -0.39 is 34.2 Å². The van der Waals surface area contributed by atoms with Gasteiger partial charge in [0.2, 0.25) is 0 Å². The van der Waals surface area contributed by atoms with E-state index in [0.717, 1.165) is 13.2 Å². The van der Waals surface area contributed by atoms with E-state index in [0.29, 0.717) is 0 Å². The average Bonchev–Trinajstić information content (AvgIpc) is 2.47. The Balaban J connectivity index is 2.40. The fourth-order valence-corrected chi connectivity index (χ4v) is 2.58. The Morgan fingerprint density at radius 1 is 1.39 bits per heavy atom. The highest BCUT2D eigenvalue weighted by Crippen LogP contribution is 2.37. The third kappa shape index (κ3) is 2.32. The van der Waals surface area contributed by atoms with Crippen LogP contribution in [0.4, 0.5) is 0 Å². The lowest BCUT2D eigenvalue weighted by molar-refractivity contribution is -0.207. The number of carbonyl (C=O) groups excluding carboxylic acids is 1. The van der Waals surface area contributed by atoms with Crippen LogP contribution in [0.2, 0.25) is 0 Å². The van der Waals surface area contributed by atoms with E-state index in [9.17, 15) is 24.9 Å². The number of esters is 1. The third-order valence-electron chi connectivity index (χ3n) is 3.72. The first-order chi connectivity index (χ1) is 10.7. The quantitative estimate of drug-likeness (QED) is 0.519. The van der Waals surface area contributed by atoms with Gasteiger partial charge in [0.25, 0.3) is 0 Å². The number of hydrogen-bond donors (Lipinski definition) is 3. The van der Waals surface area contributed by atoms with Gasteiger partial charge in [0.15, 0.2) is 22.7 Å². The lowest BCUT2D eigenvalue weighted by atomic mass is 9.99. The summed E-state index contributed by atoms with van der Waals surface area (Å²) in [4.78, 5) is 24.5. The summed E-state index contributed by atoms with van der Waals surface area (Å²) in [5.41, 5.74) is -1.02. The van der Waals surface area contributed by atoms with Crippen molar-refractivity contribution in [2.75, 3.05) is 7.11 Å². The Bertz CT molecular complexity index is 877. The topological polar surface area (TPSA) is 126 Å². The van der Waals surface area contributed by atoms with E-state index in [2.05, 4.69) is 4.74 Å². The molecular formula is C15H14O8. The molecule has 3 N–H and O–H groups in total. The summed E-state index contributed by atoms with van der Waals surface area (Å²) < 4.78 is 15.3. The van der Waals surface area contributed by atoms with Crippen molar-refractivity contribution in [1.82, 2.24) is 0 Å². The molecule has 23 heavy (non-hydrogen) atoms. The molecule has 3 rings (SSSR count). The second-order valence-corrected chi connectivity index (χ2v) is 5.46. The molecule has 1 aromatic carbocycles. The normalized spacial score (nSPS) is 20.3. The first kappa shape index (κ1) is 15.3. The third-order valence-corrected chi connectivity index (χ3v) is 3.72. The molecule has 1 aliphatic rings. The number of ether oxygens (including phenoxy) is 2. The fourth-order valence-electron chi connectivity index (χ4n) is 2.58. The van der Waals surface area contributed by atoms with Crippen LogP contribution in [-0.4, -0.2) is 34.2 Å². The van der Waals surface area contributed by atoms with Gasteiger partial charge in [-0.15, -0.1) is 0 Å². The molecule has 2 aromatic rings. The minimum absolute atomic E-state index is 0.0668. The summed E-state index contributed by atoms with van der Waals surface area (Å²) in [6.07, 6.45) is -0.0668. The zero-order valence-electron chi connectivity index (χ0n) is 12.4. The maximum absolute atomic E-state index is 12.7. The molecule has 8 nitrogen and oxygen atoms in total. The number of hydrogen-bond acceptors (Lipinski definition) is 8. The number of carbonyl (C=O) groups is 1. The Kier molecular flexibility index (Phi) is 3.31. The number of rotatable bonds is 1. The minimum Gasteiger partial charge on any atom is -0.504 e. The molecule has 8 heteroatoms. The van der Waals surface area contributed by atoms with Crippen LogP contribution in [0.5, 0.6) is 11.5 Å². The molecule has 2 heterocycles. The molecule has 0 radical (unpaired) electrons. The highest BCUT2D eigenvalue weighted by Gasteiger charge is 2.34. The highest BCUT2D eigenvalue weighted by molar-refractivity contribution is 6.06. The van der Waals surface area contributed by atoms with Gasteiger partial charge in [-0.3, -0.25) is 4.79 Å². The monoisotopic (exact) mass is 322 g/mol. The van der Waals surface area contributed by atoms with Crippen molar-refractivity contribution in [2.45, 2.75) is 25.7 Å². The minimum atomic E-state index is -1.49. The van der Waals surface area contributed by atoms with Crippen LogP contribution in [-0.2, 0) is 22.5 Å². The van der Waals surface area contributed by atoms with Crippen LogP contribution < -0.4 is 5.43 Å². The molecule has 0 aliphatic carbocycles. The second-order valence-electron chi connectivity index (χ2n) is 5.46. The Morgan fingerprint density at radius 2 is 2.09 bits per heavy atom. The number of aliphatic hydroxyl groups is 1. The van der Waals surface area contributed by atoms with E-state index in [4.69, 9.17) is 9.15 Å².